The Kier molecular flexibility index (Phi) is 28.3. The predicted molar refractivity (Wildman–Crippen MR) is 154 cm³/mol. The van der Waals surface area contributed by atoms with E-state index < -0.39 is 0 Å². The Labute approximate surface area is 217 Å². The van der Waals surface area contributed by atoms with E-state index in [1.54, 1.807) is 0 Å². The van der Waals surface area contributed by atoms with Crippen LogP contribution < -0.4 is 0 Å². The van der Waals surface area contributed by atoms with E-state index in [9.17, 15) is 0 Å². The molecule has 0 aromatic carbocycles. The Hall–Kier alpha value is -0.510. The summed E-state index contributed by atoms with van der Waals surface area (Å²) in [5.74, 6) is 1.89. The Morgan fingerprint density at radius 1 is 0.412 bits per heavy atom. The maximum atomic E-state index is 8.53. The van der Waals surface area contributed by atoms with Gasteiger partial charge in [0.05, 0.1) is 6.07 Å². The van der Waals surface area contributed by atoms with Crippen molar-refractivity contribution < 1.29 is 0 Å². The van der Waals surface area contributed by atoms with Gasteiger partial charge in [0.15, 0.2) is 0 Å². The SMILES string of the molecule is CCCCCCCCC(C)CCCC(C)CCCCCCCCCCCCCCCCCC#N. The normalized spacial score (nSPS) is 13.1. The molecular formula is C33H65N. The number of hydrogen-bond acceptors (Lipinski definition) is 1. The average Bonchev–Trinajstić information content (AvgIpc) is 2.83. The Balaban J connectivity index is 3.23. The van der Waals surface area contributed by atoms with Crippen molar-refractivity contribution in [1.29, 1.82) is 5.26 Å². The molecule has 0 aromatic rings. The average molecular weight is 476 g/mol. The highest BCUT2D eigenvalue weighted by Gasteiger charge is 2.06. The van der Waals surface area contributed by atoms with E-state index in [0.717, 1.165) is 24.7 Å². The van der Waals surface area contributed by atoms with Crippen LogP contribution >= 0.6 is 0 Å². The first kappa shape index (κ1) is 33.5. The highest BCUT2D eigenvalue weighted by atomic mass is 14.2. The molecule has 2 unspecified atom stereocenters. The molecular weight excluding hydrogens is 410 g/mol. The summed E-state index contributed by atoms with van der Waals surface area (Å²) in [5.41, 5.74) is 0. The van der Waals surface area contributed by atoms with E-state index in [4.69, 9.17) is 5.26 Å². The third-order valence-corrected chi connectivity index (χ3v) is 7.93. The highest BCUT2D eigenvalue weighted by molar-refractivity contribution is 4.67. The number of nitrogens with zero attached hydrogens (tertiary/aromatic N) is 1. The van der Waals surface area contributed by atoms with Crippen LogP contribution in [0.3, 0.4) is 0 Å². The van der Waals surface area contributed by atoms with Crippen molar-refractivity contribution in [2.75, 3.05) is 0 Å². The predicted octanol–water partition coefficient (Wildman–Crippen LogP) is 12.3. The van der Waals surface area contributed by atoms with Crippen molar-refractivity contribution in [3.8, 4) is 6.07 Å². The van der Waals surface area contributed by atoms with Gasteiger partial charge in [0.1, 0.15) is 0 Å². The monoisotopic (exact) mass is 476 g/mol. The third-order valence-electron chi connectivity index (χ3n) is 7.93. The van der Waals surface area contributed by atoms with Gasteiger partial charge in [-0.25, -0.2) is 0 Å². The molecule has 1 nitrogen and oxygen atoms in total. The summed E-state index contributed by atoms with van der Waals surface area (Å²) in [6.07, 6.45) is 37.7. The molecule has 34 heavy (non-hydrogen) atoms. The van der Waals surface area contributed by atoms with Crippen LogP contribution in [0.15, 0.2) is 0 Å². The van der Waals surface area contributed by atoms with E-state index in [2.05, 4.69) is 26.8 Å². The molecule has 0 rings (SSSR count). The van der Waals surface area contributed by atoms with Gasteiger partial charge in [-0.15, -0.1) is 0 Å². The van der Waals surface area contributed by atoms with E-state index in [0.29, 0.717) is 0 Å². The standard InChI is InChI=1S/C33H65N/c1-4-5-6-7-20-23-27-32(2)29-26-30-33(3)28-24-21-18-16-14-12-10-8-9-11-13-15-17-19-22-25-31-34/h32-33H,4-30H2,1-3H3. The van der Waals surface area contributed by atoms with Crippen LogP contribution in [0.5, 0.6) is 0 Å². The van der Waals surface area contributed by atoms with Gasteiger partial charge >= 0.3 is 0 Å². The zero-order chi connectivity index (χ0) is 25.0. The first-order valence-electron chi connectivity index (χ1n) is 16.1. The quantitative estimate of drug-likeness (QED) is 0.103. The van der Waals surface area contributed by atoms with Crippen molar-refractivity contribution in [2.24, 2.45) is 11.8 Å². The smallest absolute Gasteiger partial charge is 0.0621 e. The van der Waals surface area contributed by atoms with Gasteiger partial charge in [0.25, 0.3) is 0 Å². The van der Waals surface area contributed by atoms with Gasteiger partial charge in [-0.1, -0.05) is 181 Å². The lowest BCUT2D eigenvalue weighted by Crippen LogP contribution is -1.99. The molecule has 0 saturated heterocycles. The summed E-state index contributed by atoms with van der Waals surface area (Å²) in [4.78, 5) is 0. The van der Waals surface area contributed by atoms with E-state index in [1.807, 2.05) is 0 Å². The summed E-state index contributed by atoms with van der Waals surface area (Å²) < 4.78 is 0. The third kappa shape index (κ3) is 27.7. The molecule has 2 atom stereocenters. The molecule has 0 saturated carbocycles. The summed E-state index contributed by atoms with van der Waals surface area (Å²) in [7, 11) is 0. The fourth-order valence-corrected chi connectivity index (χ4v) is 5.37. The second-order valence-corrected chi connectivity index (χ2v) is 11.7. The molecule has 0 fully saturated rings. The largest absolute Gasteiger partial charge is 0.198 e. The summed E-state index contributed by atoms with van der Waals surface area (Å²) in [6, 6.07) is 2.24. The minimum Gasteiger partial charge on any atom is -0.198 e. The lowest BCUT2D eigenvalue weighted by Gasteiger charge is -2.14. The molecule has 0 aliphatic carbocycles. The van der Waals surface area contributed by atoms with Crippen molar-refractivity contribution in [3.63, 3.8) is 0 Å². The Morgan fingerprint density at radius 2 is 0.706 bits per heavy atom. The van der Waals surface area contributed by atoms with Gasteiger partial charge < -0.3 is 0 Å². The number of unbranched alkanes of at least 4 members (excludes halogenated alkanes) is 20. The van der Waals surface area contributed by atoms with Crippen LogP contribution in [0.25, 0.3) is 0 Å². The zero-order valence-electron chi connectivity index (χ0n) is 24.2. The molecule has 0 spiro atoms. The molecule has 0 heterocycles. The Bertz CT molecular complexity index is 409. The molecule has 0 amide bonds. The van der Waals surface area contributed by atoms with Gasteiger partial charge in [-0.3, -0.25) is 0 Å². The minimum atomic E-state index is 0.748. The molecule has 0 radical (unpaired) electrons. The second kappa shape index (κ2) is 28.7. The molecule has 0 aliphatic heterocycles. The molecule has 0 aromatic heterocycles. The van der Waals surface area contributed by atoms with Gasteiger partial charge in [-0.05, 0) is 18.3 Å². The van der Waals surface area contributed by atoms with Crippen LogP contribution in [0.1, 0.15) is 194 Å². The second-order valence-electron chi connectivity index (χ2n) is 11.7. The molecule has 202 valence electrons. The van der Waals surface area contributed by atoms with Crippen LogP contribution in [0, 0.1) is 23.2 Å². The fraction of sp³-hybridized carbons (Fsp3) is 0.970. The van der Waals surface area contributed by atoms with Crippen LogP contribution in [0.2, 0.25) is 0 Å². The molecule has 0 aliphatic rings. The fourth-order valence-electron chi connectivity index (χ4n) is 5.37. The first-order chi connectivity index (χ1) is 16.7. The van der Waals surface area contributed by atoms with Crippen LogP contribution in [0.4, 0.5) is 0 Å². The summed E-state index contributed by atoms with van der Waals surface area (Å²) >= 11 is 0. The first-order valence-corrected chi connectivity index (χ1v) is 16.1. The lowest BCUT2D eigenvalue weighted by atomic mass is 9.92. The zero-order valence-corrected chi connectivity index (χ0v) is 24.2. The molecule has 0 bridgehead atoms. The van der Waals surface area contributed by atoms with Crippen molar-refractivity contribution in [3.05, 3.63) is 0 Å². The van der Waals surface area contributed by atoms with Crippen molar-refractivity contribution in [2.45, 2.75) is 194 Å². The lowest BCUT2D eigenvalue weighted by molar-refractivity contribution is 0.390. The number of hydrogen-bond donors (Lipinski definition) is 0. The van der Waals surface area contributed by atoms with Gasteiger partial charge in [-0.2, -0.15) is 5.26 Å². The summed E-state index contributed by atoms with van der Waals surface area (Å²) in [6.45, 7) is 7.28. The van der Waals surface area contributed by atoms with Gasteiger partial charge in [0, 0.05) is 6.42 Å². The summed E-state index contributed by atoms with van der Waals surface area (Å²) in [5, 5.41) is 8.53. The van der Waals surface area contributed by atoms with Crippen molar-refractivity contribution >= 4 is 0 Å². The molecule has 0 N–H and O–H groups in total. The van der Waals surface area contributed by atoms with E-state index >= 15 is 0 Å². The van der Waals surface area contributed by atoms with Crippen LogP contribution in [-0.4, -0.2) is 0 Å². The van der Waals surface area contributed by atoms with E-state index in [-0.39, 0.29) is 0 Å². The maximum Gasteiger partial charge on any atom is 0.0621 e. The highest BCUT2D eigenvalue weighted by Crippen LogP contribution is 2.22. The minimum absolute atomic E-state index is 0.748. The topological polar surface area (TPSA) is 23.8 Å². The number of nitriles is 1. The van der Waals surface area contributed by atoms with Crippen molar-refractivity contribution in [1.82, 2.24) is 0 Å². The molecule has 1 heteroatoms. The maximum absolute atomic E-state index is 8.53. The number of rotatable bonds is 28. The van der Waals surface area contributed by atoms with Crippen LogP contribution in [-0.2, 0) is 0 Å². The van der Waals surface area contributed by atoms with E-state index in [1.165, 1.54) is 161 Å². The Morgan fingerprint density at radius 3 is 1.06 bits per heavy atom. The van der Waals surface area contributed by atoms with Gasteiger partial charge in [0.2, 0.25) is 0 Å².